The molecule has 2 N–H and O–H groups in total. The first-order chi connectivity index (χ1) is 8.58. The number of rotatable bonds is 2. The van der Waals surface area contributed by atoms with Crippen molar-refractivity contribution in [2.75, 3.05) is 0 Å². The van der Waals surface area contributed by atoms with Gasteiger partial charge in [0.05, 0.1) is 0 Å². The number of carboxylic acids is 1. The van der Waals surface area contributed by atoms with E-state index in [1.807, 2.05) is 24.3 Å². The number of aliphatic carboxylic acids is 1. The average Bonchev–Trinajstić information content (AvgIpc) is 2.52. The molecule has 2 rings (SSSR count). The van der Waals surface area contributed by atoms with Crippen molar-refractivity contribution in [3.05, 3.63) is 34.3 Å². The molecule has 1 aromatic rings. The molecule has 2 atom stereocenters. The normalized spacial score (nSPS) is 24.2. The maximum atomic E-state index is 11.5. The molecule has 18 heavy (non-hydrogen) atoms. The highest BCUT2D eigenvalue weighted by atomic mass is 79.9. The van der Waals surface area contributed by atoms with Crippen LogP contribution in [0, 0.1) is 0 Å². The molecule has 1 aliphatic heterocycles. The van der Waals surface area contributed by atoms with Crippen molar-refractivity contribution in [2.24, 2.45) is 0 Å². The fourth-order valence-electron chi connectivity index (χ4n) is 2.28. The zero-order chi connectivity index (χ0) is 13.1. The summed E-state index contributed by atoms with van der Waals surface area (Å²) < 4.78 is 0.966. The van der Waals surface area contributed by atoms with Gasteiger partial charge in [-0.2, -0.15) is 0 Å². The van der Waals surface area contributed by atoms with Gasteiger partial charge < -0.3 is 10.4 Å². The number of hydrogen-bond acceptors (Lipinski definition) is 2. The Morgan fingerprint density at radius 2 is 2.11 bits per heavy atom. The summed E-state index contributed by atoms with van der Waals surface area (Å²) in [5.74, 6) is -1.07. The third kappa shape index (κ3) is 2.90. The molecule has 1 saturated heterocycles. The van der Waals surface area contributed by atoms with Crippen LogP contribution in [0.1, 0.15) is 30.7 Å². The van der Waals surface area contributed by atoms with Gasteiger partial charge in [0, 0.05) is 10.9 Å². The summed E-state index contributed by atoms with van der Waals surface area (Å²) in [4.78, 5) is 22.6. The van der Waals surface area contributed by atoms with Gasteiger partial charge in [0.1, 0.15) is 6.04 Å². The van der Waals surface area contributed by atoms with E-state index in [4.69, 9.17) is 5.11 Å². The standard InChI is InChI=1S/C13H14BrNO3/c14-10-4-2-1-3-9(10)8-5-6-12(16)15-11(7-8)13(17)18/h1-4,8,11H,5-7H2,(H,15,16)(H,17,18). The van der Waals surface area contributed by atoms with Crippen molar-refractivity contribution in [3.63, 3.8) is 0 Å². The van der Waals surface area contributed by atoms with Gasteiger partial charge in [-0.3, -0.25) is 4.79 Å². The van der Waals surface area contributed by atoms with Crippen LogP contribution in [0.3, 0.4) is 0 Å². The SMILES string of the molecule is O=C1CCC(c2ccccc2Br)CC(C(=O)O)N1. The van der Waals surface area contributed by atoms with Crippen LogP contribution in [-0.4, -0.2) is 23.0 Å². The first kappa shape index (κ1) is 13.1. The number of amides is 1. The van der Waals surface area contributed by atoms with E-state index in [1.54, 1.807) is 0 Å². The Bertz CT molecular complexity index is 475. The number of carbonyl (C=O) groups excluding carboxylic acids is 1. The molecule has 96 valence electrons. The summed E-state index contributed by atoms with van der Waals surface area (Å²) in [5.41, 5.74) is 1.07. The second-order valence-corrected chi connectivity index (χ2v) is 5.31. The summed E-state index contributed by atoms with van der Waals surface area (Å²) in [6.07, 6.45) is 1.48. The van der Waals surface area contributed by atoms with Crippen LogP contribution in [0.4, 0.5) is 0 Å². The zero-order valence-corrected chi connectivity index (χ0v) is 11.3. The van der Waals surface area contributed by atoms with E-state index < -0.39 is 12.0 Å². The molecule has 0 saturated carbocycles. The molecular formula is C13H14BrNO3. The predicted molar refractivity (Wildman–Crippen MR) is 70.3 cm³/mol. The van der Waals surface area contributed by atoms with E-state index in [9.17, 15) is 9.59 Å². The molecule has 0 radical (unpaired) electrons. The van der Waals surface area contributed by atoms with E-state index >= 15 is 0 Å². The molecule has 4 nitrogen and oxygen atoms in total. The van der Waals surface area contributed by atoms with E-state index in [2.05, 4.69) is 21.2 Å². The van der Waals surface area contributed by atoms with Gasteiger partial charge in [0.2, 0.25) is 5.91 Å². The van der Waals surface area contributed by atoms with Crippen LogP contribution in [0.15, 0.2) is 28.7 Å². The summed E-state index contributed by atoms with van der Waals surface area (Å²) in [5, 5.41) is 11.6. The third-order valence-corrected chi connectivity index (χ3v) is 3.94. The molecule has 1 fully saturated rings. The first-order valence-corrected chi connectivity index (χ1v) is 6.64. The Hall–Kier alpha value is -1.36. The molecule has 1 aliphatic rings. The highest BCUT2D eigenvalue weighted by Gasteiger charge is 2.29. The lowest BCUT2D eigenvalue weighted by Gasteiger charge is -2.18. The Balaban J connectivity index is 2.25. The Labute approximate surface area is 114 Å². The molecular weight excluding hydrogens is 298 g/mol. The smallest absolute Gasteiger partial charge is 0.326 e. The van der Waals surface area contributed by atoms with Crippen LogP contribution < -0.4 is 5.32 Å². The molecule has 1 aromatic carbocycles. The van der Waals surface area contributed by atoms with Gasteiger partial charge in [-0.1, -0.05) is 34.1 Å². The van der Waals surface area contributed by atoms with E-state index in [-0.39, 0.29) is 11.8 Å². The largest absolute Gasteiger partial charge is 0.480 e. The highest BCUT2D eigenvalue weighted by Crippen LogP contribution is 2.33. The number of benzene rings is 1. The number of halogens is 1. The lowest BCUT2D eigenvalue weighted by atomic mass is 9.89. The quantitative estimate of drug-likeness (QED) is 0.880. The topological polar surface area (TPSA) is 66.4 Å². The summed E-state index contributed by atoms with van der Waals surface area (Å²) in [6, 6.07) is 6.96. The molecule has 0 bridgehead atoms. The number of hydrogen-bond donors (Lipinski definition) is 2. The Morgan fingerprint density at radius 3 is 2.78 bits per heavy atom. The Morgan fingerprint density at radius 1 is 1.39 bits per heavy atom. The minimum absolute atomic E-state index is 0.0839. The van der Waals surface area contributed by atoms with Gasteiger partial charge in [0.25, 0.3) is 0 Å². The minimum atomic E-state index is -0.970. The second kappa shape index (κ2) is 5.52. The number of nitrogens with one attached hydrogen (secondary N) is 1. The lowest BCUT2D eigenvalue weighted by Crippen LogP contribution is -2.39. The summed E-state index contributed by atoms with van der Waals surface area (Å²) >= 11 is 3.48. The van der Waals surface area contributed by atoms with Gasteiger partial charge in [-0.25, -0.2) is 4.79 Å². The van der Waals surface area contributed by atoms with Crippen LogP contribution >= 0.6 is 15.9 Å². The fourth-order valence-corrected chi connectivity index (χ4v) is 2.89. The monoisotopic (exact) mass is 311 g/mol. The highest BCUT2D eigenvalue weighted by molar-refractivity contribution is 9.10. The molecule has 0 aliphatic carbocycles. The van der Waals surface area contributed by atoms with E-state index in [1.165, 1.54) is 0 Å². The van der Waals surface area contributed by atoms with Crippen molar-refractivity contribution in [1.29, 1.82) is 0 Å². The fraction of sp³-hybridized carbons (Fsp3) is 0.385. The predicted octanol–water partition coefficient (Wildman–Crippen LogP) is 2.29. The molecule has 5 heteroatoms. The van der Waals surface area contributed by atoms with E-state index in [0.717, 1.165) is 10.0 Å². The zero-order valence-electron chi connectivity index (χ0n) is 9.73. The van der Waals surface area contributed by atoms with Crippen LogP contribution in [-0.2, 0) is 9.59 Å². The molecule has 0 aromatic heterocycles. The molecule has 1 heterocycles. The van der Waals surface area contributed by atoms with Gasteiger partial charge in [-0.15, -0.1) is 0 Å². The maximum Gasteiger partial charge on any atom is 0.326 e. The minimum Gasteiger partial charge on any atom is -0.480 e. The summed E-state index contributed by atoms with van der Waals surface area (Å²) in [6.45, 7) is 0. The summed E-state index contributed by atoms with van der Waals surface area (Å²) in [7, 11) is 0. The van der Waals surface area contributed by atoms with Crippen molar-refractivity contribution in [3.8, 4) is 0 Å². The van der Waals surface area contributed by atoms with Gasteiger partial charge in [-0.05, 0) is 30.4 Å². The lowest BCUT2D eigenvalue weighted by molar-refractivity contribution is -0.141. The number of carboxylic acid groups (broad SMARTS) is 1. The van der Waals surface area contributed by atoms with Crippen molar-refractivity contribution in [1.82, 2.24) is 5.32 Å². The second-order valence-electron chi connectivity index (χ2n) is 4.45. The molecule has 2 unspecified atom stereocenters. The van der Waals surface area contributed by atoms with Crippen molar-refractivity contribution < 1.29 is 14.7 Å². The van der Waals surface area contributed by atoms with Gasteiger partial charge >= 0.3 is 5.97 Å². The molecule has 1 amide bonds. The van der Waals surface area contributed by atoms with Crippen LogP contribution in [0.25, 0.3) is 0 Å². The van der Waals surface area contributed by atoms with Crippen LogP contribution in [0.5, 0.6) is 0 Å². The van der Waals surface area contributed by atoms with Crippen LogP contribution in [0.2, 0.25) is 0 Å². The Kier molecular flexibility index (Phi) is 4.01. The van der Waals surface area contributed by atoms with Crippen molar-refractivity contribution in [2.45, 2.75) is 31.2 Å². The van der Waals surface area contributed by atoms with Gasteiger partial charge in [0.15, 0.2) is 0 Å². The van der Waals surface area contributed by atoms with Crippen molar-refractivity contribution >= 4 is 27.8 Å². The number of carbonyl (C=O) groups is 2. The third-order valence-electron chi connectivity index (χ3n) is 3.22. The maximum absolute atomic E-state index is 11.5. The van der Waals surface area contributed by atoms with E-state index in [0.29, 0.717) is 19.3 Å². The molecule has 0 spiro atoms. The average molecular weight is 312 g/mol. The first-order valence-electron chi connectivity index (χ1n) is 5.84.